The average molecular weight is 365 g/mol. The predicted octanol–water partition coefficient (Wildman–Crippen LogP) is 3.95. The van der Waals surface area contributed by atoms with E-state index in [0.717, 1.165) is 21.4 Å². The minimum Gasteiger partial charge on any atom is -0.496 e. The number of nitrogens with one attached hydrogen (secondary N) is 1. The second kappa shape index (κ2) is 6.65. The van der Waals surface area contributed by atoms with Crippen LogP contribution < -0.4 is 15.7 Å². The molecule has 0 radical (unpaired) electrons. The maximum absolute atomic E-state index is 12.6. The van der Waals surface area contributed by atoms with E-state index in [-0.39, 0.29) is 5.91 Å². The molecule has 2 aromatic heterocycles. The minimum absolute atomic E-state index is 0.236. The molecule has 1 N–H and O–H groups in total. The number of rotatable bonds is 4. The molecular formula is C20H15NO4S. The van der Waals surface area contributed by atoms with Crippen LogP contribution in [0.1, 0.15) is 15.2 Å². The first kappa shape index (κ1) is 16.4. The van der Waals surface area contributed by atoms with E-state index in [2.05, 4.69) is 5.32 Å². The van der Waals surface area contributed by atoms with Gasteiger partial charge in [-0.1, -0.05) is 30.3 Å². The highest BCUT2D eigenvalue weighted by atomic mass is 32.1. The summed E-state index contributed by atoms with van der Waals surface area (Å²) in [6, 6.07) is 16.4. The first-order valence-electron chi connectivity index (χ1n) is 8.03. The molecule has 130 valence electrons. The fourth-order valence-electron chi connectivity index (χ4n) is 2.86. The molecule has 2 heterocycles. The molecule has 26 heavy (non-hydrogen) atoms. The molecule has 0 unspecified atom stereocenters. The summed E-state index contributed by atoms with van der Waals surface area (Å²) in [5.41, 5.74) is 0.973. The Morgan fingerprint density at radius 2 is 1.88 bits per heavy atom. The van der Waals surface area contributed by atoms with Crippen molar-refractivity contribution >= 4 is 38.3 Å². The number of fused-ring (bicyclic) bond motifs is 3. The van der Waals surface area contributed by atoms with Gasteiger partial charge in [0.2, 0.25) is 0 Å². The van der Waals surface area contributed by atoms with Gasteiger partial charge < -0.3 is 14.5 Å². The maximum Gasteiger partial charge on any atom is 0.345 e. The first-order chi connectivity index (χ1) is 12.7. The second-order valence-corrected chi connectivity index (χ2v) is 6.79. The van der Waals surface area contributed by atoms with Gasteiger partial charge in [0, 0.05) is 17.5 Å². The van der Waals surface area contributed by atoms with Gasteiger partial charge in [0.1, 0.15) is 11.3 Å². The Morgan fingerprint density at radius 1 is 1.12 bits per heavy atom. The number of carbonyl (C=O) groups excluding carboxylic acids is 1. The molecular weight excluding hydrogens is 350 g/mol. The van der Waals surface area contributed by atoms with Crippen LogP contribution in [0.15, 0.2) is 63.8 Å². The Hall–Kier alpha value is -3.12. The van der Waals surface area contributed by atoms with Crippen LogP contribution in [-0.2, 0) is 6.54 Å². The number of methoxy groups -OCH3 is 1. The number of thiophene rings is 1. The lowest BCUT2D eigenvalue weighted by molar-refractivity contribution is 0.0955. The average Bonchev–Trinajstić information content (AvgIpc) is 3.13. The van der Waals surface area contributed by atoms with Crippen LogP contribution in [0.3, 0.4) is 0 Å². The Balaban J connectivity index is 1.66. The smallest absolute Gasteiger partial charge is 0.345 e. The number of hydrogen-bond acceptors (Lipinski definition) is 5. The third kappa shape index (κ3) is 2.84. The minimum atomic E-state index is -0.432. The van der Waals surface area contributed by atoms with Crippen LogP contribution in [0.4, 0.5) is 0 Å². The summed E-state index contributed by atoms with van der Waals surface area (Å²) in [5.74, 6) is 0.483. The van der Waals surface area contributed by atoms with Gasteiger partial charge in [0.15, 0.2) is 0 Å². The molecule has 2 aromatic carbocycles. The summed E-state index contributed by atoms with van der Waals surface area (Å²) in [4.78, 5) is 25.2. The van der Waals surface area contributed by atoms with Crippen LogP contribution in [-0.4, -0.2) is 13.0 Å². The molecule has 4 aromatic rings. The van der Waals surface area contributed by atoms with Gasteiger partial charge in [0.25, 0.3) is 5.91 Å². The summed E-state index contributed by atoms with van der Waals surface area (Å²) in [7, 11) is 1.59. The Bertz CT molecular complexity index is 1180. The summed E-state index contributed by atoms with van der Waals surface area (Å²) in [6.07, 6.45) is 0. The predicted molar refractivity (Wildman–Crippen MR) is 102 cm³/mol. The van der Waals surface area contributed by atoms with Crippen LogP contribution in [0.2, 0.25) is 0 Å². The molecule has 0 saturated carbocycles. The van der Waals surface area contributed by atoms with Crippen molar-refractivity contribution in [2.75, 3.05) is 7.11 Å². The Kier molecular flexibility index (Phi) is 4.18. The molecule has 0 bridgehead atoms. The van der Waals surface area contributed by atoms with E-state index in [0.29, 0.717) is 22.4 Å². The molecule has 0 spiro atoms. The third-order valence-corrected chi connectivity index (χ3v) is 5.31. The molecule has 0 fully saturated rings. The van der Waals surface area contributed by atoms with Gasteiger partial charge in [-0.25, -0.2) is 4.79 Å². The fraction of sp³-hybridized carbons (Fsp3) is 0.100. The van der Waals surface area contributed by atoms with E-state index in [1.54, 1.807) is 19.2 Å². The number of amides is 1. The van der Waals surface area contributed by atoms with E-state index in [1.165, 1.54) is 11.3 Å². The third-order valence-electron chi connectivity index (χ3n) is 4.14. The van der Waals surface area contributed by atoms with Crippen molar-refractivity contribution in [1.82, 2.24) is 5.32 Å². The Labute approximate surface area is 152 Å². The van der Waals surface area contributed by atoms with Crippen molar-refractivity contribution in [3.05, 3.63) is 75.5 Å². The molecule has 6 heteroatoms. The topological polar surface area (TPSA) is 68.5 Å². The van der Waals surface area contributed by atoms with E-state index in [1.807, 2.05) is 42.5 Å². The van der Waals surface area contributed by atoms with Gasteiger partial charge in [-0.05, 0) is 24.3 Å². The molecule has 0 atom stereocenters. The normalized spacial score (nSPS) is 11.0. The van der Waals surface area contributed by atoms with Crippen LogP contribution in [0.5, 0.6) is 5.75 Å². The van der Waals surface area contributed by atoms with Crippen LogP contribution in [0.25, 0.3) is 21.1 Å². The number of hydrogen-bond donors (Lipinski definition) is 1. The number of carbonyl (C=O) groups is 1. The van der Waals surface area contributed by atoms with Gasteiger partial charge in [-0.2, -0.15) is 0 Å². The second-order valence-electron chi connectivity index (χ2n) is 5.73. The molecule has 5 nitrogen and oxygen atoms in total. The zero-order valence-electron chi connectivity index (χ0n) is 13.9. The highest BCUT2D eigenvalue weighted by molar-refractivity contribution is 7.21. The molecule has 4 rings (SSSR count). The van der Waals surface area contributed by atoms with Gasteiger partial charge >= 0.3 is 5.63 Å². The summed E-state index contributed by atoms with van der Waals surface area (Å²) in [5, 5.41) is 4.13. The lowest BCUT2D eigenvalue weighted by atomic mass is 10.2. The van der Waals surface area contributed by atoms with E-state index in [9.17, 15) is 9.59 Å². The van der Waals surface area contributed by atoms with Crippen molar-refractivity contribution in [3.8, 4) is 5.75 Å². The van der Waals surface area contributed by atoms with Crippen molar-refractivity contribution in [3.63, 3.8) is 0 Å². The monoisotopic (exact) mass is 365 g/mol. The first-order valence-corrected chi connectivity index (χ1v) is 8.84. The standard InChI is InChI=1S/C20H15NO4S/c1-24-15-8-4-2-6-12(15)11-21-19(22)17-10-14-18(26-17)13-7-3-5-9-16(13)25-20(14)23/h2-10H,11H2,1H3,(H,21,22). The highest BCUT2D eigenvalue weighted by Gasteiger charge is 2.16. The molecule has 0 aliphatic carbocycles. The van der Waals surface area contributed by atoms with Crippen molar-refractivity contribution in [1.29, 1.82) is 0 Å². The molecule has 0 aliphatic heterocycles. The van der Waals surface area contributed by atoms with Crippen molar-refractivity contribution in [2.24, 2.45) is 0 Å². The number of benzene rings is 2. The summed E-state index contributed by atoms with van der Waals surface area (Å²) in [6.45, 7) is 0.340. The van der Waals surface area contributed by atoms with Crippen molar-refractivity contribution in [2.45, 2.75) is 6.54 Å². The van der Waals surface area contributed by atoms with Gasteiger partial charge in [-0.15, -0.1) is 11.3 Å². The Morgan fingerprint density at radius 3 is 2.73 bits per heavy atom. The van der Waals surface area contributed by atoms with Crippen LogP contribution in [0, 0.1) is 0 Å². The lowest BCUT2D eigenvalue weighted by Crippen LogP contribution is -2.22. The number of ether oxygens (including phenoxy) is 1. The van der Waals surface area contributed by atoms with E-state index < -0.39 is 5.63 Å². The van der Waals surface area contributed by atoms with Gasteiger partial charge in [-0.3, -0.25) is 4.79 Å². The van der Waals surface area contributed by atoms with Gasteiger partial charge in [0.05, 0.1) is 22.1 Å². The molecule has 0 saturated heterocycles. The summed E-state index contributed by atoms with van der Waals surface area (Å²) < 4.78 is 11.4. The van der Waals surface area contributed by atoms with E-state index in [4.69, 9.17) is 9.15 Å². The number of para-hydroxylation sites is 2. The summed E-state index contributed by atoms with van der Waals surface area (Å²) >= 11 is 1.29. The maximum atomic E-state index is 12.6. The SMILES string of the molecule is COc1ccccc1CNC(=O)c1cc2c(=O)oc3ccccc3c2s1. The largest absolute Gasteiger partial charge is 0.496 e. The lowest BCUT2D eigenvalue weighted by Gasteiger charge is -2.08. The van der Waals surface area contributed by atoms with Crippen LogP contribution >= 0.6 is 11.3 Å². The quantitative estimate of drug-likeness (QED) is 0.556. The zero-order valence-corrected chi connectivity index (χ0v) is 14.8. The van der Waals surface area contributed by atoms with E-state index >= 15 is 0 Å². The van der Waals surface area contributed by atoms with Crippen molar-refractivity contribution < 1.29 is 13.9 Å². The molecule has 1 amide bonds. The fourth-order valence-corrected chi connectivity index (χ4v) is 3.96. The highest BCUT2D eigenvalue weighted by Crippen LogP contribution is 2.30. The zero-order chi connectivity index (χ0) is 18.1. The molecule has 0 aliphatic rings.